The number of nitrogens with zero attached hydrogens (tertiary/aromatic N) is 2. The summed E-state index contributed by atoms with van der Waals surface area (Å²) in [6, 6.07) is 10.9. The predicted octanol–water partition coefficient (Wildman–Crippen LogP) is 1.18. The zero-order valence-corrected chi connectivity index (χ0v) is 9.05. The first kappa shape index (κ1) is 10.4. The third-order valence-corrected chi connectivity index (χ3v) is 2.34. The molecule has 4 heteroatoms. The Hall–Kier alpha value is -2.10. The average Bonchev–Trinajstić information content (AvgIpc) is 2.27. The number of hydrogen-bond donors (Lipinski definition) is 1. The Balaban J connectivity index is 2.30. The maximum Gasteiger partial charge on any atom is 0.267 e. The van der Waals surface area contributed by atoms with Crippen LogP contribution in [0.5, 0.6) is 0 Å². The highest BCUT2D eigenvalue weighted by Crippen LogP contribution is 2.04. The molecule has 1 aromatic carbocycles. The van der Waals surface area contributed by atoms with E-state index in [-0.39, 0.29) is 5.56 Å². The summed E-state index contributed by atoms with van der Waals surface area (Å²) < 4.78 is 1.36. The summed E-state index contributed by atoms with van der Waals surface area (Å²) in [5.74, 6) is 0.353. The van der Waals surface area contributed by atoms with Gasteiger partial charge in [-0.3, -0.25) is 4.79 Å². The molecular weight excluding hydrogens is 202 g/mol. The Morgan fingerprint density at radius 1 is 1.19 bits per heavy atom. The first-order valence-electron chi connectivity index (χ1n) is 5.04. The largest absolute Gasteiger partial charge is 0.382 e. The molecule has 1 heterocycles. The molecule has 1 aromatic heterocycles. The fourth-order valence-corrected chi connectivity index (χ4v) is 1.44. The van der Waals surface area contributed by atoms with Crippen molar-refractivity contribution in [3.63, 3.8) is 0 Å². The number of aryl methyl sites for hydroxylation is 1. The molecule has 0 saturated heterocycles. The third-order valence-electron chi connectivity index (χ3n) is 2.34. The number of nitrogen functional groups attached to an aromatic ring is 1. The molecule has 0 unspecified atom stereocenters. The molecule has 0 radical (unpaired) electrons. The molecule has 2 aromatic rings. The van der Waals surface area contributed by atoms with Crippen LogP contribution in [0.2, 0.25) is 0 Å². The van der Waals surface area contributed by atoms with Gasteiger partial charge in [-0.25, -0.2) is 4.68 Å². The molecule has 0 spiro atoms. The van der Waals surface area contributed by atoms with Gasteiger partial charge in [0.15, 0.2) is 0 Å². The van der Waals surface area contributed by atoms with Gasteiger partial charge < -0.3 is 5.73 Å². The second kappa shape index (κ2) is 4.18. The van der Waals surface area contributed by atoms with Crippen molar-refractivity contribution in [1.29, 1.82) is 0 Å². The molecular formula is C12H13N3O. The summed E-state index contributed by atoms with van der Waals surface area (Å²) in [4.78, 5) is 11.5. The Morgan fingerprint density at radius 3 is 2.56 bits per heavy atom. The molecule has 82 valence electrons. The minimum Gasteiger partial charge on any atom is -0.382 e. The third kappa shape index (κ3) is 2.28. The van der Waals surface area contributed by atoms with Crippen molar-refractivity contribution in [2.75, 3.05) is 5.73 Å². The van der Waals surface area contributed by atoms with Crippen LogP contribution >= 0.6 is 0 Å². The highest BCUT2D eigenvalue weighted by molar-refractivity contribution is 5.25. The minimum atomic E-state index is -0.144. The van der Waals surface area contributed by atoms with Crippen LogP contribution in [-0.2, 0) is 6.54 Å². The van der Waals surface area contributed by atoms with Gasteiger partial charge in [-0.1, -0.05) is 29.8 Å². The van der Waals surface area contributed by atoms with Gasteiger partial charge in [-0.05, 0) is 18.6 Å². The molecule has 2 rings (SSSR count). The van der Waals surface area contributed by atoms with Crippen LogP contribution in [-0.4, -0.2) is 9.78 Å². The van der Waals surface area contributed by atoms with E-state index in [4.69, 9.17) is 5.73 Å². The number of rotatable bonds is 2. The van der Waals surface area contributed by atoms with Crippen molar-refractivity contribution in [3.8, 4) is 0 Å². The van der Waals surface area contributed by atoms with Crippen molar-refractivity contribution < 1.29 is 0 Å². The van der Waals surface area contributed by atoms with Gasteiger partial charge in [-0.2, -0.15) is 5.10 Å². The van der Waals surface area contributed by atoms with Crippen LogP contribution in [0.1, 0.15) is 11.1 Å². The molecule has 0 saturated carbocycles. The van der Waals surface area contributed by atoms with Crippen LogP contribution in [0.3, 0.4) is 0 Å². The minimum absolute atomic E-state index is 0.144. The molecule has 0 amide bonds. The summed E-state index contributed by atoms with van der Waals surface area (Å²) in [5, 5.41) is 3.97. The zero-order chi connectivity index (χ0) is 11.5. The first-order chi connectivity index (χ1) is 7.65. The lowest BCUT2D eigenvalue weighted by molar-refractivity contribution is 0.644. The van der Waals surface area contributed by atoms with Crippen LogP contribution in [0.15, 0.2) is 41.2 Å². The van der Waals surface area contributed by atoms with E-state index in [1.54, 1.807) is 0 Å². The van der Waals surface area contributed by atoms with Crippen molar-refractivity contribution >= 4 is 5.82 Å². The second-order valence-electron chi connectivity index (χ2n) is 3.74. The number of hydrogen-bond acceptors (Lipinski definition) is 3. The molecule has 0 aliphatic carbocycles. The fraction of sp³-hybridized carbons (Fsp3) is 0.167. The lowest BCUT2D eigenvalue weighted by atomic mass is 10.1. The lowest BCUT2D eigenvalue weighted by Gasteiger charge is -2.05. The summed E-state index contributed by atoms with van der Waals surface area (Å²) in [6.07, 6.45) is 0. The van der Waals surface area contributed by atoms with Crippen molar-refractivity contribution in [2.24, 2.45) is 0 Å². The quantitative estimate of drug-likeness (QED) is 0.818. The molecule has 0 aliphatic heterocycles. The van der Waals surface area contributed by atoms with E-state index in [0.717, 1.165) is 5.56 Å². The Bertz CT molecular complexity index is 543. The van der Waals surface area contributed by atoms with E-state index in [9.17, 15) is 4.79 Å². The molecule has 0 aliphatic rings. The van der Waals surface area contributed by atoms with E-state index in [0.29, 0.717) is 12.4 Å². The number of aromatic nitrogens is 2. The monoisotopic (exact) mass is 215 g/mol. The maximum atomic E-state index is 11.5. The first-order valence-corrected chi connectivity index (χ1v) is 5.04. The lowest BCUT2D eigenvalue weighted by Crippen LogP contribution is -2.23. The molecule has 0 atom stereocenters. The summed E-state index contributed by atoms with van der Waals surface area (Å²) >= 11 is 0. The standard InChI is InChI=1S/C12H13N3O/c1-9-2-4-10(5-3-9)8-15-12(16)7-6-11(13)14-15/h2-7H,8H2,1H3,(H2,13,14). The van der Waals surface area contributed by atoms with Crippen LogP contribution < -0.4 is 11.3 Å². The SMILES string of the molecule is Cc1ccc(Cn2nc(N)ccc2=O)cc1. The second-order valence-corrected chi connectivity index (χ2v) is 3.74. The highest BCUT2D eigenvalue weighted by Gasteiger charge is 1.99. The van der Waals surface area contributed by atoms with Crippen LogP contribution in [0, 0.1) is 6.92 Å². The van der Waals surface area contributed by atoms with E-state index < -0.39 is 0 Å². The highest BCUT2D eigenvalue weighted by atomic mass is 16.1. The fourth-order valence-electron chi connectivity index (χ4n) is 1.44. The van der Waals surface area contributed by atoms with E-state index in [2.05, 4.69) is 5.10 Å². The molecule has 0 bridgehead atoms. The Morgan fingerprint density at radius 2 is 1.88 bits per heavy atom. The molecule has 0 fully saturated rings. The van der Waals surface area contributed by atoms with Crippen molar-refractivity contribution in [2.45, 2.75) is 13.5 Å². The smallest absolute Gasteiger partial charge is 0.267 e. The summed E-state index contributed by atoms with van der Waals surface area (Å²) in [5.41, 5.74) is 7.62. The average molecular weight is 215 g/mol. The molecule has 16 heavy (non-hydrogen) atoms. The van der Waals surface area contributed by atoms with Gasteiger partial charge in [0, 0.05) is 6.07 Å². The van der Waals surface area contributed by atoms with E-state index in [1.807, 2.05) is 31.2 Å². The van der Waals surface area contributed by atoms with E-state index in [1.165, 1.54) is 22.4 Å². The van der Waals surface area contributed by atoms with E-state index >= 15 is 0 Å². The van der Waals surface area contributed by atoms with Crippen LogP contribution in [0.25, 0.3) is 0 Å². The normalized spacial score (nSPS) is 10.3. The van der Waals surface area contributed by atoms with Gasteiger partial charge in [0.1, 0.15) is 5.82 Å². The Kier molecular flexibility index (Phi) is 2.72. The van der Waals surface area contributed by atoms with Crippen molar-refractivity contribution in [1.82, 2.24) is 9.78 Å². The zero-order valence-electron chi connectivity index (χ0n) is 9.05. The number of benzene rings is 1. The van der Waals surface area contributed by atoms with Gasteiger partial charge in [0.25, 0.3) is 5.56 Å². The van der Waals surface area contributed by atoms with Gasteiger partial charge in [-0.15, -0.1) is 0 Å². The predicted molar refractivity (Wildman–Crippen MR) is 63.2 cm³/mol. The van der Waals surface area contributed by atoms with Gasteiger partial charge in [0.05, 0.1) is 6.54 Å². The number of nitrogens with two attached hydrogens (primary N) is 1. The summed E-state index contributed by atoms with van der Waals surface area (Å²) in [7, 11) is 0. The van der Waals surface area contributed by atoms with Crippen molar-refractivity contribution in [3.05, 3.63) is 57.9 Å². The molecule has 2 N–H and O–H groups in total. The summed E-state index contributed by atoms with van der Waals surface area (Å²) in [6.45, 7) is 2.47. The Labute approximate surface area is 93.3 Å². The maximum absolute atomic E-state index is 11.5. The van der Waals surface area contributed by atoms with Gasteiger partial charge >= 0.3 is 0 Å². The van der Waals surface area contributed by atoms with Crippen LogP contribution in [0.4, 0.5) is 5.82 Å². The number of anilines is 1. The molecule has 4 nitrogen and oxygen atoms in total. The topological polar surface area (TPSA) is 60.9 Å². The van der Waals surface area contributed by atoms with Gasteiger partial charge in [0.2, 0.25) is 0 Å².